The molecule has 0 unspecified atom stereocenters. The number of esters is 3. The number of ether oxygens (including phenoxy) is 5. The molecule has 2 aromatic carbocycles. The summed E-state index contributed by atoms with van der Waals surface area (Å²) in [6, 6.07) is 8.06. The van der Waals surface area contributed by atoms with Gasteiger partial charge in [0.2, 0.25) is 0 Å². The summed E-state index contributed by atoms with van der Waals surface area (Å²) in [5.74, 6) is -2.99. The average molecular weight is 511 g/mol. The van der Waals surface area contributed by atoms with Crippen LogP contribution in [0.5, 0.6) is 11.5 Å². The zero-order valence-corrected chi connectivity index (χ0v) is 21.5. The summed E-state index contributed by atoms with van der Waals surface area (Å²) in [6.45, 7) is 5.53. The van der Waals surface area contributed by atoms with Crippen LogP contribution in [-0.2, 0) is 23.8 Å². The molecule has 0 saturated carbocycles. The highest BCUT2D eigenvalue weighted by atomic mass is 16.5. The van der Waals surface area contributed by atoms with Gasteiger partial charge >= 0.3 is 17.9 Å². The summed E-state index contributed by atoms with van der Waals surface area (Å²) in [4.78, 5) is 50.5. The van der Waals surface area contributed by atoms with E-state index in [4.69, 9.17) is 23.7 Å². The maximum atomic E-state index is 13.2. The van der Waals surface area contributed by atoms with Crippen molar-refractivity contribution in [1.82, 2.24) is 0 Å². The number of methoxy groups -OCH3 is 2. The lowest BCUT2D eigenvalue weighted by atomic mass is 9.71. The van der Waals surface area contributed by atoms with E-state index in [1.54, 1.807) is 57.2 Å². The first-order chi connectivity index (χ1) is 17.8. The van der Waals surface area contributed by atoms with E-state index in [2.05, 4.69) is 0 Å². The second-order valence-electron chi connectivity index (χ2n) is 8.05. The fourth-order valence-electron chi connectivity index (χ4n) is 4.45. The van der Waals surface area contributed by atoms with Gasteiger partial charge in [-0.15, -0.1) is 0 Å². The van der Waals surface area contributed by atoms with Gasteiger partial charge in [0.25, 0.3) is 0 Å². The molecule has 0 amide bonds. The molecule has 9 nitrogen and oxygen atoms in total. The Kier molecular flexibility index (Phi) is 9.05. The molecule has 3 rings (SSSR count). The summed E-state index contributed by atoms with van der Waals surface area (Å²) < 4.78 is 26.5. The van der Waals surface area contributed by atoms with Crippen molar-refractivity contribution in [3.63, 3.8) is 0 Å². The Balaban J connectivity index is 2.30. The monoisotopic (exact) mass is 510 g/mol. The minimum atomic E-state index is -1.01. The molecule has 9 heteroatoms. The van der Waals surface area contributed by atoms with Crippen molar-refractivity contribution in [3.8, 4) is 11.5 Å². The number of hydrogen-bond donors (Lipinski definition) is 0. The lowest BCUT2D eigenvalue weighted by molar-refractivity contribution is -0.147. The Morgan fingerprint density at radius 3 is 1.97 bits per heavy atom. The minimum absolute atomic E-state index is 0.114. The summed E-state index contributed by atoms with van der Waals surface area (Å²) >= 11 is 0. The van der Waals surface area contributed by atoms with Gasteiger partial charge in [0.1, 0.15) is 28.9 Å². The Bertz CT molecular complexity index is 1230. The molecule has 196 valence electrons. The third-order valence-corrected chi connectivity index (χ3v) is 6.01. The molecule has 0 fully saturated rings. The Morgan fingerprint density at radius 2 is 1.41 bits per heavy atom. The number of rotatable bonds is 10. The first kappa shape index (κ1) is 27.4. The Hall–Kier alpha value is -4.14. The van der Waals surface area contributed by atoms with Crippen molar-refractivity contribution in [2.24, 2.45) is 5.92 Å². The van der Waals surface area contributed by atoms with E-state index >= 15 is 0 Å². The standard InChI is InChI=1S/C28H30O9/c1-6-35-26(30)19-10-9-16(12-22(19)33-4)24-20-14-21(27(31)36-7-2)23(34-5)13-17(20)11-18(15-29)25(24)28(32)37-8-3/h9-15,24-25H,6-8H2,1-5H3/t24-,25-/m0/s1. The quantitative estimate of drug-likeness (QED) is 0.266. The van der Waals surface area contributed by atoms with E-state index in [0.29, 0.717) is 23.0 Å². The van der Waals surface area contributed by atoms with Crippen molar-refractivity contribution in [2.75, 3.05) is 34.0 Å². The van der Waals surface area contributed by atoms with Crippen LogP contribution >= 0.6 is 0 Å². The summed E-state index contributed by atoms with van der Waals surface area (Å²) in [5.41, 5.74) is 2.33. The molecule has 0 saturated heterocycles. The van der Waals surface area contributed by atoms with E-state index < -0.39 is 29.7 Å². The number of hydrogen-bond acceptors (Lipinski definition) is 9. The fraction of sp³-hybridized carbons (Fsp3) is 0.357. The highest BCUT2D eigenvalue weighted by molar-refractivity contribution is 5.98. The van der Waals surface area contributed by atoms with Crippen LogP contribution in [-0.4, -0.2) is 58.2 Å². The van der Waals surface area contributed by atoms with E-state index in [0.717, 1.165) is 0 Å². The van der Waals surface area contributed by atoms with Crippen LogP contribution in [0.4, 0.5) is 0 Å². The zero-order chi connectivity index (χ0) is 27.1. The molecule has 0 aromatic heterocycles. The molecular weight excluding hydrogens is 480 g/mol. The summed E-state index contributed by atoms with van der Waals surface area (Å²) in [7, 11) is 2.84. The predicted molar refractivity (Wildman–Crippen MR) is 134 cm³/mol. The molecule has 0 spiro atoms. The number of carbonyl (C=O) groups is 4. The van der Waals surface area contributed by atoms with Gasteiger partial charge in [-0.25, -0.2) is 9.59 Å². The number of fused-ring (bicyclic) bond motifs is 1. The number of aldehydes is 1. The lowest BCUT2D eigenvalue weighted by Crippen LogP contribution is -2.31. The van der Waals surface area contributed by atoms with Gasteiger partial charge < -0.3 is 23.7 Å². The Labute approximate surface area is 215 Å². The molecule has 37 heavy (non-hydrogen) atoms. The largest absolute Gasteiger partial charge is 0.496 e. The second kappa shape index (κ2) is 12.2. The number of carbonyl (C=O) groups excluding carboxylic acids is 4. The van der Waals surface area contributed by atoms with Gasteiger partial charge in [0, 0.05) is 11.5 Å². The molecule has 0 bridgehead atoms. The molecule has 0 radical (unpaired) electrons. The van der Waals surface area contributed by atoms with Crippen molar-refractivity contribution in [1.29, 1.82) is 0 Å². The van der Waals surface area contributed by atoms with Crippen molar-refractivity contribution >= 4 is 30.3 Å². The number of benzene rings is 2. The van der Waals surface area contributed by atoms with E-state index in [1.807, 2.05) is 0 Å². The van der Waals surface area contributed by atoms with E-state index in [9.17, 15) is 19.2 Å². The lowest BCUT2D eigenvalue weighted by Gasteiger charge is -2.32. The second-order valence-corrected chi connectivity index (χ2v) is 8.05. The van der Waals surface area contributed by atoms with Gasteiger partial charge in [-0.3, -0.25) is 9.59 Å². The van der Waals surface area contributed by atoms with Gasteiger partial charge in [-0.05, 0) is 67.8 Å². The molecular formula is C28H30O9. The molecule has 2 aromatic rings. The van der Waals surface area contributed by atoms with Gasteiger partial charge in [0.15, 0.2) is 0 Å². The normalized spacial score (nSPS) is 16.1. The SMILES string of the molecule is CCOC(=O)c1ccc([C@H]2c3cc(C(=O)OCC)c(OC)cc3C=C(C=O)[C@@H]2C(=O)OCC)cc1OC. The third kappa shape index (κ3) is 5.50. The highest BCUT2D eigenvalue weighted by Gasteiger charge is 2.40. The predicted octanol–water partition coefficient (Wildman–Crippen LogP) is 3.96. The van der Waals surface area contributed by atoms with E-state index in [1.165, 1.54) is 14.2 Å². The van der Waals surface area contributed by atoms with Crippen LogP contribution in [0.1, 0.15) is 64.1 Å². The van der Waals surface area contributed by atoms with Crippen LogP contribution in [0.25, 0.3) is 6.08 Å². The van der Waals surface area contributed by atoms with Crippen LogP contribution in [0.2, 0.25) is 0 Å². The molecule has 0 aliphatic heterocycles. The van der Waals surface area contributed by atoms with Crippen molar-refractivity contribution in [2.45, 2.75) is 26.7 Å². The van der Waals surface area contributed by atoms with Gasteiger partial charge in [-0.2, -0.15) is 0 Å². The Morgan fingerprint density at radius 1 is 0.811 bits per heavy atom. The van der Waals surface area contributed by atoms with Gasteiger partial charge in [-0.1, -0.05) is 6.07 Å². The molecule has 0 heterocycles. The maximum Gasteiger partial charge on any atom is 0.341 e. The van der Waals surface area contributed by atoms with E-state index in [-0.39, 0.29) is 48.0 Å². The van der Waals surface area contributed by atoms with Crippen LogP contribution < -0.4 is 9.47 Å². The topological polar surface area (TPSA) is 114 Å². The highest BCUT2D eigenvalue weighted by Crippen LogP contribution is 2.46. The fourth-order valence-corrected chi connectivity index (χ4v) is 4.45. The zero-order valence-electron chi connectivity index (χ0n) is 21.5. The van der Waals surface area contributed by atoms with Crippen molar-refractivity contribution in [3.05, 3.63) is 63.7 Å². The first-order valence-electron chi connectivity index (χ1n) is 11.9. The summed E-state index contributed by atoms with van der Waals surface area (Å²) in [6.07, 6.45) is 2.20. The smallest absolute Gasteiger partial charge is 0.341 e. The summed E-state index contributed by atoms with van der Waals surface area (Å²) in [5, 5.41) is 0. The average Bonchev–Trinajstić information content (AvgIpc) is 2.91. The van der Waals surface area contributed by atoms with Crippen molar-refractivity contribution < 1.29 is 42.9 Å². The van der Waals surface area contributed by atoms with Crippen LogP contribution in [0.15, 0.2) is 35.9 Å². The molecule has 1 aliphatic carbocycles. The van der Waals surface area contributed by atoms with Crippen LogP contribution in [0.3, 0.4) is 0 Å². The van der Waals surface area contributed by atoms with Crippen LogP contribution in [0, 0.1) is 5.92 Å². The van der Waals surface area contributed by atoms with Gasteiger partial charge in [0.05, 0.1) is 40.0 Å². The molecule has 0 N–H and O–H groups in total. The first-order valence-corrected chi connectivity index (χ1v) is 11.9. The molecule has 1 aliphatic rings. The molecule has 2 atom stereocenters. The third-order valence-electron chi connectivity index (χ3n) is 6.01. The minimum Gasteiger partial charge on any atom is -0.496 e. The maximum absolute atomic E-state index is 13.2.